The van der Waals surface area contributed by atoms with Crippen molar-refractivity contribution in [1.29, 1.82) is 0 Å². The van der Waals surface area contributed by atoms with Crippen molar-refractivity contribution in [2.24, 2.45) is 0 Å². The Morgan fingerprint density at radius 2 is 1.93 bits per heavy atom. The summed E-state index contributed by atoms with van der Waals surface area (Å²) in [6, 6.07) is 14.8. The van der Waals surface area contributed by atoms with E-state index in [0.29, 0.717) is 24.5 Å². The molecule has 0 saturated carbocycles. The van der Waals surface area contributed by atoms with Crippen molar-refractivity contribution in [2.45, 2.75) is 25.8 Å². The first-order valence-electron chi connectivity index (χ1n) is 9.41. The van der Waals surface area contributed by atoms with Crippen molar-refractivity contribution in [3.05, 3.63) is 54.1 Å². The van der Waals surface area contributed by atoms with Gasteiger partial charge in [0.15, 0.2) is 11.5 Å². The number of para-hydroxylation sites is 1. The molecule has 0 aromatic heterocycles. The minimum Gasteiger partial charge on any atom is -0.493 e. The van der Waals surface area contributed by atoms with Crippen LogP contribution in [0, 0.1) is 6.92 Å². The first kappa shape index (κ1) is 19.7. The van der Waals surface area contributed by atoms with Gasteiger partial charge in [0.25, 0.3) is 0 Å². The topological polar surface area (TPSA) is 59.1 Å². The summed E-state index contributed by atoms with van der Waals surface area (Å²) in [6.07, 6.45) is 0.825. The highest BCUT2D eigenvalue weighted by Crippen LogP contribution is 2.28. The van der Waals surface area contributed by atoms with Gasteiger partial charge in [-0.3, -0.25) is 9.59 Å². The normalized spacial score (nSPS) is 16.2. The van der Waals surface area contributed by atoms with Crippen LogP contribution in [0.5, 0.6) is 11.5 Å². The molecule has 0 spiro atoms. The van der Waals surface area contributed by atoms with Crippen LogP contribution < -0.4 is 14.4 Å². The predicted octanol–water partition coefficient (Wildman–Crippen LogP) is 3.04. The quantitative estimate of drug-likeness (QED) is 0.739. The van der Waals surface area contributed by atoms with Gasteiger partial charge < -0.3 is 19.3 Å². The molecule has 2 aromatic rings. The van der Waals surface area contributed by atoms with E-state index >= 15 is 0 Å². The summed E-state index contributed by atoms with van der Waals surface area (Å²) in [4.78, 5) is 28.6. The van der Waals surface area contributed by atoms with Gasteiger partial charge in [0.05, 0.1) is 20.1 Å². The highest BCUT2D eigenvalue weighted by atomic mass is 16.5. The molecule has 0 radical (unpaired) electrons. The lowest BCUT2D eigenvalue weighted by Gasteiger charge is -2.24. The number of ether oxygens (including phenoxy) is 2. The fourth-order valence-corrected chi connectivity index (χ4v) is 3.38. The molecule has 2 amide bonds. The number of carbonyl (C=O) groups excluding carboxylic acids is 2. The molecule has 0 N–H and O–H groups in total. The molecule has 6 heteroatoms. The zero-order chi connectivity index (χ0) is 20.1. The Bertz CT molecular complexity index is 838. The maximum atomic E-state index is 12.7. The fourth-order valence-electron chi connectivity index (χ4n) is 3.38. The van der Waals surface area contributed by atoms with Crippen LogP contribution in [-0.2, 0) is 9.59 Å². The lowest BCUT2D eigenvalue weighted by Crippen LogP contribution is -2.43. The number of aryl methyl sites for hydroxylation is 1. The van der Waals surface area contributed by atoms with E-state index in [1.54, 1.807) is 24.0 Å². The first-order chi connectivity index (χ1) is 13.5. The number of benzene rings is 2. The fraction of sp³-hybridized carbons (Fsp3) is 0.364. The summed E-state index contributed by atoms with van der Waals surface area (Å²) >= 11 is 0. The Morgan fingerprint density at radius 1 is 1.18 bits per heavy atom. The smallest absolute Gasteiger partial charge is 0.249 e. The molecule has 1 saturated heterocycles. The predicted molar refractivity (Wildman–Crippen MR) is 108 cm³/mol. The van der Waals surface area contributed by atoms with Crippen LogP contribution in [0.1, 0.15) is 18.4 Å². The van der Waals surface area contributed by atoms with Gasteiger partial charge in [-0.2, -0.15) is 0 Å². The molecule has 0 bridgehead atoms. The van der Waals surface area contributed by atoms with Gasteiger partial charge in [0.1, 0.15) is 6.04 Å². The van der Waals surface area contributed by atoms with Gasteiger partial charge in [-0.1, -0.05) is 24.3 Å². The number of nitrogens with zero attached hydrogens (tertiary/aromatic N) is 2. The van der Waals surface area contributed by atoms with E-state index in [1.807, 2.05) is 55.5 Å². The number of hydrogen-bond donors (Lipinski definition) is 0. The van der Waals surface area contributed by atoms with Gasteiger partial charge in [-0.15, -0.1) is 0 Å². The molecule has 1 unspecified atom stereocenters. The molecular weight excluding hydrogens is 356 g/mol. The third kappa shape index (κ3) is 4.27. The number of likely N-dealkylation sites (N-methyl/N-ethyl adjacent to an activating group) is 1. The highest BCUT2D eigenvalue weighted by Gasteiger charge is 2.36. The number of rotatable bonds is 7. The Kier molecular flexibility index (Phi) is 6.19. The van der Waals surface area contributed by atoms with Gasteiger partial charge in [0.2, 0.25) is 11.8 Å². The van der Waals surface area contributed by atoms with Crippen molar-refractivity contribution in [1.82, 2.24) is 4.90 Å². The van der Waals surface area contributed by atoms with Gasteiger partial charge in [0, 0.05) is 19.3 Å². The lowest BCUT2D eigenvalue weighted by molar-refractivity contribution is -0.137. The minimum atomic E-state index is -0.429. The standard InChI is InChI=1S/C22H26N2O4/c1-16-9-10-19(20(15-16)27-3)28-14-12-21(25)23(2)18-11-13-24(22(18)26)17-7-5-4-6-8-17/h4-10,15,18H,11-14H2,1-3H3. The summed E-state index contributed by atoms with van der Waals surface area (Å²) in [7, 11) is 3.27. The molecule has 1 fully saturated rings. The maximum absolute atomic E-state index is 12.7. The average Bonchev–Trinajstić information content (AvgIpc) is 3.10. The van der Waals surface area contributed by atoms with E-state index in [-0.39, 0.29) is 24.8 Å². The number of carbonyl (C=O) groups is 2. The average molecular weight is 382 g/mol. The minimum absolute atomic E-state index is 0.0387. The number of hydrogen-bond acceptors (Lipinski definition) is 4. The van der Waals surface area contributed by atoms with Crippen LogP contribution in [0.2, 0.25) is 0 Å². The zero-order valence-electron chi connectivity index (χ0n) is 16.6. The Balaban J connectivity index is 1.54. The van der Waals surface area contributed by atoms with E-state index in [0.717, 1.165) is 11.3 Å². The molecule has 0 aliphatic carbocycles. The second-order valence-corrected chi connectivity index (χ2v) is 6.89. The van der Waals surface area contributed by atoms with Crippen molar-refractivity contribution in [3.63, 3.8) is 0 Å². The first-order valence-corrected chi connectivity index (χ1v) is 9.41. The number of methoxy groups -OCH3 is 1. The number of anilines is 1. The molecule has 1 atom stereocenters. The maximum Gasteiger partial charge on any atom is 0.249 e. The van der Waals surface area contributed by atoms with E-state index in [2.05, 4.69) is 0 Å². The van der Waals surface area contributed by atoms with Gasteiger partial charge >= 0.3 is 0 Å². The molecule has 3 rings (SSSR count). The molecule has 148 valence electrons. The molecule has 1 heterocycles. The lowest BCUT2D eigenvalue weighted by atomic mass is 10.2. The summed E-state index contributed by atoms with van der Waals surface area (Å²) < 4.78 is 11.0. The van der Waals surface area contributed by atoms with Crippen LogP contribution >= 0.6 is 0 Å². The molecule has 6 nitrogen and oxygen atoms in total. The third-order valence-corrected chi connectivity index (χ3v) is 5.00. The van der Waals surface area contributed by atoms with Crippen LogP contribution in [-0.4, -0.2) is 50.1 Å². The Labute approximate surface area is 165 Å². The van der Waals surface area contributed by atoms with Crippen LogP contribution in [0.25, 0.3) is 0 Å². The van der Waals surface area contributed by atoms with Crippen molar-refractivity contribution >= 4 is 17.5 Å². The second kappa shape index (κ2) is 8.78. The summed E-state index contributed by atoms with van der Waals surface area (Å²) in [6.45, 7) is 2.82. The van der Waals surface area contributed by atoms with E-state index in [1.165, 1.54) is 0 Å². The van der Waals surface area contributed by atoms with Crippen molar-refractivity contribution < 1.29 is 19.1 Å². The van der Waals surface area contributed by atoms with Crippen molar-refractivity contribution in [2.75, 3.05) is 32.2 Å². The SMILES string of the molecule is COc1cc(C)ccc1OCCC(=O)N(C)C1CCN(c2ccccc2)C1=O. The monoisotopic (exact) mass is 382 g/mol. The third-order valence-electron chi connectivity index (χ3n) is 5.00. The Morgan fingerprint density at radius 3 is 2.64 bits per heavy atom. The summed E-state index contributed by atoms with van der Waals surface area (Å²) in [5.74, 6) is 1.10. The second-order valence-electron chi connectivity index (χ2n) is 6.89. The van der Waals surface area contributed by atoms with Gasteiger partial charge in [-0.25, -0.2) is 0 Å². The summed E-state index contributed by atoms with van der Waals surface area (Å²) in [5.41, 5.74) is 1.94. The van der Waals surface area contributed by atoms with E-state index in [4.69, 9.17) is 9.47 Å². The Hall–Kier alpha value is -3.02. The van der Waals surface area contributed by atoms with Crippen molar-refractivity contribution in [3.8, 4) is 11.5 Å². The van der Waals surface area contributed by atoms with Crippen LogP contribution in [0.15, 0.2) is 48.5 Å². The summed E-state index contributed by atoms with van der Waals surface area (Å²) in [5, 5.41) is 0. The van der Waals surface area contributed by atoms with E-state index < -0.39 is 6.04 Å². The highest BCUT2D eigenvalue weighted by molar-refractivity contribution is 6.01. The van der Waals surface area contributed by atoms with Gasteiger partial charge in [-0.05, 0) is 43.2 Å². The zero-order valence-corrected chi connectivity index (χ0v) is 16.6. The molecule has 2 aromatic carbocycles. The molecular formula is C22H26N2O4. The largest absolute Gasteiger partial charge is 0.493 e. The van der Waals surface area contributed by atoms with Crippen LogP contribution in [0.3, 0.4) is 0 Å². The van der Waals surface area contributed by atoms with Crippen LogP contribution in [0.4, 0.5) is 5.69 Å². The number of amides is 2. The van der Waals surface area contributed by atoms with E-state index in [9.17, 15) is 9.59 Å². The molecule has 28 heavy (non-hydrogen) atoms. The molecule has 1 aliphatic rings. The molecule has 1 aliphatic heterocycles.